The normalized spacial score (nSPS) is 3.60. The molecule has 0 atom stereocenters. The molecule has 0 aromatic rings. The molecule has 0 spiro atoms. The van der Waals surface area contributed by atoms with Gasteiger partial charge in [0.25, 0.3) is 0 Å². The Kier molecular flexibility index (Phi) is 61.4. The summed E-state index contributed by atoms with van der Waals surface area (Å²) in [5.41, 5.74) is 0. The minimum absolute atomic E-state index is 0. The summed E-state index contributed by atoms with van der Waals surface area (Å²) in [5, 5.41) is 2.25. The summed E-state index contributed by atoms with van der Waals surface area (Å²) in [4.78, 5) is 0. The van der Waals surface area contributed by atoms with Gasteiger partial charge in [-0.05, 0) is 0 Å². The van der Waals surface area contributed by atoms with Crippen molar-refractivity contribution in [2.75, 3.05) is 0 Å². The maximum absolute atomic E-state index is 3.12. The van der Waals surface area contributed by atoms with Crippen molar-refractivity contribution in [3.05, 3.63) is 14.1 Å². The molecule has 0 fully saturated rings. The van der Waals surface area contributed by atoms with Crippen LogP contribution in [0.3, 0.4) is 0 Å². The monoisotopic (exact) mass is 278 g/mol. The first-order chi connectivity index (χ1) is 1.41. The Morgan fingerprint density at radius 1 is 1.20 bits per heavy atom. The van der Waals surface area contributed by atoms with Crippen LogP contribution < -0.4 is 5.32 Å². The summed E-state index contributed by atoms with van der Waals surface area (Å²) in [6, 6.07) is 0. The van der Waals surface area contributed by atoms with Crippen LogP contribution in [0, 0.1) is 14.1 Å². The van der Waals surface area contributed by atoms with E-state index in [0.717, 1.165) is 0 Å². The molecule has 0 aromatic carbocycles. The van der Waals surface area contributed by atoms with Gasteiger partial charge in [0, 0.05) is 39.6 Å². The van der Waals surface area contributed by atoms with Gasteiger partial charge in [0.2, 0.25) is 0 Å². The van der Waals surface area contributed by atoms with E-state index in [-0.39, 0.29) is 39.6 Å². The van der Waals surface area contributed by atoms with Crippen LogP contribution in [0.2, 0.25) is 0 Å². The van der Waals surface area contributed by atoms with Crippen LogP contribution in [0.4, 0.5) is 0 Å². The predicted octanol–water partition coefficient (Wildman–Crippen LogP) is 0.154. The van der Waals surface area contributed by atoms with Crippen LogP contribution in [0.15, 0.2) is 0 Å². The van der Waals surface area contributed by atoms with Crippen LogP contribution in [0.5, 0.6) is 0 Å². The van der Waals surface area contributed by atoms with E-state index in [0.29, 0.717) is 0 Å². The quantitative estimate of drug-likeness (QED) is 0.622. The second-order valence-corrected chi connectivity index (χ2v) is 0.250. The molecule has 0 aromatic heterocycles. The van der Waals surface area contributed by atoms with Crippen molar-refractivity contribution < 1.29 is 39.6 Å². The Bertz CT molecular complexity index is 9.61. The van der Waals surface area contributed by atoms with Crippen molar-refractivity contribution in [1.29, 1.82) is 0 Å². The first-order valence-corrected chi connectivity index (χ1v) is 0.707. The molecule has 1 radical (unpaired) electrons. The van der Waals surface area contributed by atoms with Gasteiger partial charge in [-0.1, -0.05) is 0 Å². The third-order valence-electron chi connectivity index (χ3n) is 0. The zero-order valence-electron chi connectivity index (χ0n) is 2.77. The largest absolute Gasteiger partial charge is 0.623 e. The van der Waals surface area contributed by atoms with Gasteiger partial charge >= 0.3 is 0 Å². The van der Waals surface area contributed by atoms with Crippen LogP contribution in [0.1, 0.15) is 0 Å². The summed E-state index contributed by atoms with van der Waals surface area (Å²) >= 11 is 0. The second kappa shape index (κ2) is 18.8. The fraction of sp³-hybridized carbons (Fsp3) is 0. The molecule has 31 valence electrons. The van der Waals surface area contributed by atoms with Gasteiger partial charge in [-0.3, -0.25) is 0 Å². The molecule has 3 heteroatoms. The van der Waals surface area contributed by atoms with E-state index < -0.39 is 0 Å². The molecule has 0 saturated heterocycles. The van der Waals surface area contributed by atoms with Gasteiger partial charge < -0.3 is 19.4 Å². The molecule has 0 rings (SSSR count). The fourth-order valence-corrected chi connectivity index (χ4v) is 0. The average molecular weight is 278 g/mol. The molecule has 1 nitrogen and oxygen atoms in total. The van der Waals surface area contributed by atoms with Crippen molar-refractivity contribution in [2.24, 2.45) is 0 Å². The van der Waals surface area contributed by atoms with Crippen LogP contribution in [-0.2, 0) is 39.6 Å². The van der Waals surface area contributed by atoms with Crippen molar-refractivity contribution in [1.82, 2.24) is 5.32 Å². The number of hydrogen-bond acceptors (Lipinski definition) is 1. The molecule has 0 bridgehead atoms. The predicted molar refractivity (Wildman–Crippen MR) is 13.8 cm³/mol. The van der Waals surface area contributed by atoms with Gasteiger partial charge in [-0.15, -0.1) is 0 Å². The smallest absolute Gasteiger partial charge is 0 e. The zero-order chi connectivity index (χ0) is 2.71. The van der Waals surface area contributed by atoms with Gasteiger partial charge in [0.05, 0.1) is 0 Å². The van der Waals surface area contributed by atoms with Crippen LogP contribution in [-0.4, -0.2) is 0 Å². The number of nitrogens with one attached hydrogen (secondary N) is 1. The summed E-state index contributed by atoms with van der Waals surface area (Å²) in [6.45, 7) is 0. The van der Waals surface area contributed by atoms with E-state index in [2.05, 4.69) is 19.4 Å². The minimum Gasteiger partial charge on any atom is -0.623 e. The van der Waals surface area contributed by atoms with Crippen molar-refractivity contribution >= 4 is 0 Å². The Morgan fingerprint density at radius 2 is 1.20 bits per heavy atom. The Labute approximate surface area is 59.1 Å². The SMILES string of the molecule is [CH2-]N[CH2-].[V].[W]. The Balaban J connectivity index is -0.0000000200. The van der Waals surface area contributed by atoms with E-state index in [1.54, 1.807) is 0 Å². The maximum Gasteiger partial charge on any atom is 0 e. The first kappa shape index (κ1) is 16.3. The van der Waals surface area contributed by atoms with Crippen molar-refractivity contribution in [2.45, 2.75) is 0 Å². The van der Waals surface area contributed by atoms with E-state index in [1.807, 2.05) is 0 Å². The van der Waals surface area contributed by atoms with Crippen LogP contribution >= 0.6 is 0 Å². The van der Waals surface area contributed by atoms with E-state index >= 15 is 0 Å². The molecule has 0 amide bonds. The van der Waals surface area contributed by atoms with Crippen molar-refractivity contribution in [3.63, 3.8) is 0 Å². The first-order valence-electron chi connectivity index (χ1n) is 0.707. The fourth-order valence-electron chi connectivity index (χ4n) is 0. The zero-order valence-corrected chi connectivity index (χ0v) is 7.10. The molecule has 0 aliphatic rings. The van der Waals surface area contributed by atoms with Gasteiger partial charge in [0.1, 0.15) is 0 Å². The summed E-state index contributed by atoms with van der Waals surface area (Å²) < 4.78 is 0. The van der Waals surface area contributed by atoms with E-state index in [9.17, 15) is 0 Å². The maximum atomic E-state index is 3.12. The topological polar surface area (TPSA) is 12.0 Å². The van der Waals surface area contributed by atoms with Crippen molar-refractivity contribution in [3.8, 4) is 0 Å². The third kappa shape index (κ3) is 36.0. The molecule has 0 heterocycles. The molecule has 0 saturated carbocycles. The summed E-state index contributed by atoms with van der Waals surface area (Å²) in [7, 11) is 6.25. The molecular weight excluding hydrogens is 273 g/mol. The van der Waals surface area contributed by atoms with Gasteiger partial charge in [-0.25, -0.2) is 0 Å². The number of rotatable bonds is 0. The Morgan fingerprint density at radius 3 is 1.20 bits per heavy atom. The molecule has 0 unspecified atom stereocenters. The average Bonchev–Trinajstić information content (AvgIpc) is 0.918. The van der Waals surface area contributed by atoms with Gasteiger partial charge in [0.15, 0.2) is 0 Å². The van der Waals surface area contributed by atoms with E-state index in [1.165, 1.54) is 0 Å². The molecular formula is C2H5NVW-2. The van der Waals surface area contributed by atoms with Crippen LogP contribution in [0.25, 0.3) is 0 Å². The number of hydrogen-bond donors (Lipinski definition) is 1. The third-order valence-corrected chi connectivity index (χ3v) is 0. The molecule has 0 aliphatic carbocycles. The standard InChI is InChI=1S/C2H5N.V.W/c1-3-2;;/h3H,1-2H2;;/q-2;;. The molecule has 5 heavy (non-hydrogen) atoms. The summed E-state index contributed by atoms with van der Waals surface area (Å²) in [6.07, 6.45) is 0. The van der Waals surface area contributed by atoms with E-state index in [4.69, 9.17) is 0 Å². The molecule has 0 aliphatic heterocycles. The Hall–Kier alpha value is 1.23. The molecule has 1 N–H and O–H groups in total. The minimum atomic E-state index is 0. The second-order valence-electron chi connectivity index (χ2n) is 0.250. The van der Waals surface area contributed by atoms with Gasteiger partial charge in [-0.2, -0.15) is 0 Å². The summed E-state index contributed by atoms with van der Waals surface area (Å²) in [5.74, 6) is 0.